The van der Waals surface area contributed by atoms with E-state index in [1.54, 1.807) is 0 Å². The van der Waals surface area contributed by atoms with Gasteiger partial charge in [-0.1, -0.05) is 30.3 Å². The smallest absolute Gasteiger partial charge is 0.220 e. The van der Waals surface area contributed by atoms with Crippen LogP contribution in [0.15, 0.2) is 36.5 Å². The number of carbonyl (C=O) groups excluding carboxylic acids is 2. The molecule has 1 aliphatic heterocycles. The Hall–Kier alpha value is -2.67. The highest BCUT2D eigenvalue weighted by Crippen LogP contribution is 2.25. The second-order valence-electron chi connectivity index (χ2n) is 6.72. The molecule has 0 unspecified atom stereocenters. The Labute approximate surface area is 159 Å². The Kier molecular flexibility index (Phi) is 6.59. The molecule has 1 aromatic carbocycles. The minimum atomic E-state index is -0.218. The number of hydrogen-bond acceptors (Lipinski definition) is 4. The minimum Gasteiger partial charge on any atom is -0.370 e. The lowest BCUT2D eigenvalue weighted by Crippen LogP contribution is -2.32. The van der Waals surface area contributed by atoms with Crippen molar-refractivity contribution in [2.75, 3.05) is 19.7 Å². The van der Waals surface area contributed by atoms with E-state index >= 15 is 0 Å². The van der Waals surface area contributed by atoms with Gasteiger partial charge in [0.15, 0.2) is 0 Å². The normalized spacial score (nSPS) is 15.8. The Morgan fingerprint density at radius 2 is 2.07 bits per heavy atom. The van der Waals surface area contributed by atoms with Crippen LogP contribution in [0.25, 0.3) is 0 Å². The van der Waals surface area contributed by atoms with Crippen molar-refractivity contribution in [3.8, 4) is 0 Å². The predicted octanol–water partition coefficient (Wildman–Crippen LogP) is 1.58. The number of hydrogen-bond donors (Lipinski definition) is 2. The maximum atomic E-state index is 12.0. The highest BCUT2D eigenvalue weighted by atomic mass is 16.5. The number of aromatic nitrogens is 2. The summed E-state index contributed by atoms with van der Waals surface area (Å²) in [6, 6.07) is 10.2. The molecule has 0 saturated carbocycles. The lowest BCUT2D eigenvalue weighted by Gasteiger charge is -2.22. The summed E-state index contributed by atoms with van der Waals surface area (Å²) in [5.41, 5.74) is 3.29. The fourth-order valence-electron chi connectivity index (χ4n) is 3.15. The molecule has 2 N–H and O–H groups in total. The van der Waals surface area contributed by atoms with E-state index in [-0.39, 0.29) is 17.9 Å². The molecule has 0 radical (unpaired) electrons. The molecule has 0 bridgehead atoms. The zero-order chi connectivity index (χ0) is 19.1. The standard InChI is InChI=1S/C20H26N4O3/c1-15(25)21-10-5-8-19(26)22-12-18-20-17(9-11-27-18)14-24(23-20)13-16-6-3-2-4-7-16/h2-4,6-7,14,18H,5,8-13H2,1H3,(H,21,25)(H,22,26)/t18-/m0/s1. The molecule has 2 amide bonds. The molecule has 144 valence electrons. The molecular weight excluding hydrogens is 344 g/mol. The topological polar surface area (TPSA) is 85.3 Å². The Morgan fingerprint density at radius 1 is 1.26 bits per heavy atom. The highest BCUT2D eigenvalue weighted by Gasteiger charge is 2.25. The van der Waals surface area contributed by atoms with Crippen molar-refractivity contribution >= 4 is 11.8 Å². The van der Waals surface area contributed by atoms with E-state index in [2.05, 4.69) is 29.0 Å². The van der Waals surface area contributed by atoms with Gasteiger partial charge in [-0.3, -0.25) is 14.3 Å². The third-order valence-electron chi connectivity index (χ3n) is 4.49. The predicted molar refractivity (Wildman–Crippen MR) is 101 cm³/mol. The van der Waals surface area contributed by atoms with Crippen LogP contribution in [-0.2, 0) is 27.3 Å². The molecule has 27 heavy (non-hydrogen) atoms. The Bertz CT molecular complexity index is 773. The van der Waals surface area contributed by atoms with Crippen LogP contribution in [0.4, 0.5) is 0 Å². The van der Waals surface area contributed by atoms with Crippen LogP contribution in [-0.4, -0.2) is 41.3 Å². The van der Waals surface area contributed by atoms with Gasteiger partial charge in [-0.25, -0.2) is 0 Å². The third-order valence-corrected chi connectivity index (χ3v) is 4.49. The van der Waals surface area contributed by atoms with Crippen molar-refractivity contribution in [2.24, 2.45) is 0 Å². The summed E-state index contributed by atoms with van der Waals surface area (Å²) in [5, 5.41) is 10.3. The molecule has 0 spiro atoms. The molecule has 2 heterocycles. The first kappa shape index (κ1) is 19.1. The molecule has 0 aliphatic carbocycles. The van der Waals surface area contributed by atoms with Crippen molar-refractivity contribution in [1.82, 2.24) is 20.4 Å². The first-order chi connectivity index (χ1) is 13.1. The summed E-state index contributed by atoms with van der Waals surface area (Å²) in [4.78, 5) is 22.8. The number of benzene rings is 1. The molecule has 7 nitrogen and oxygen atoms in total. The number of rotatable bonds is 8. The van der Waals surface area contributed by atoms with Crippen molar-refractivity contribution in [1.29, 1.82) is 0 Å². The average Bonchev–Trinajstić information content (AvgIpc) is 3.07. The van der Waals surface area contributed by atoms with Crippen LogP contribution in [0.5, 0.6) is 0 Å². The first-order valence-corrected chi connectivity index (χ1v) is 9.34. The fraction of sp³-hybridized carbons (Fsp3) is 0.450. The van der Waals surface area contributed by atoms with Gasteiger partial charge in [-0.15, -0.1) is 0 Å². The van der Waals surface area contributed by atoms with Gasteiger partial charge in [0.05, 0.1) is 18.8 Å². The summed E-state index contributed by atoms with van der Waals surface area (Å²) in [6.45, 7) is 3.74. The number of ether oxygens (including phenoxy) is 1. The van der Waals surface area contributed by atoms with Crippen molar-refractivity contribution in [3.05, 3.63) is 53.3 Å². The number of nitrogens with one attached hydrogen (secondary N) is 2. The van der Waals surface area contributed by atoms with Gasteiger partial charge in [0.1, 0.15) is 6.10 Å². The van der Waals surface area contributed by atoms with E-state index < -0.39 is 0 Å². The molecule has 1 aromatic heterocycles. The SMILES string of the molecule is CC(=O)NCCCC(=O)NC[C@@H]1OCCc2cn(Cc3ccccc3)nc21. The first-order valence-electron chi connectivity index (χ1n) is 9.34. The number of carbonyl (C=O) groups is 2. The summed E-state index contributed by atoms with van der Waals surface area (Å²) in [5.74, 6) is -0.121. The average molecular weight is 370 g/mol. The number of amides is 2. The summed E-state index contributed by atoms with van der Waals surface area (Å²) >= 11 is 0. The lowest BCUT2D eigenvalue weighted by molar-refractivity contribution is -0.122. The summed E-state index contributed by atoms with van der Waals surface area (Å²) in [6.07, 6.45) is 3.69. The van der Waals surface area contributed by atoms with E-state index in [4.69, 9.17) is 9.84 Å². The summed E-state index contributed by atoms with van der Waals surface area (Å²) in [7, 11) is 0. The second-order valence-corrected chi connectivity index (χ2v) is 6.72. The lowest BCUT2D eigenvalue weighted by atomic mass is 10.1. The van der Waals surface area contributed by atoms with Gasteiger partial charge < -0.3 is 15.4 Å². The molecule has 1 aliphatic rings. The molecular formula is C20H26N4O3. The zero-order valence-electron chi connectivity index (χ0n) is 15.6. The van der Waals surface area contributed by atoms with Crippen LogP contribution in [0.2, 0.25) is 0 Å². The quantitative estimate of drug-likeness (QED) is 0.691. The van der Waals surface area contributed by atoms with Gasteiger partial charge in [0.25, 0.3) is 0 Å². The van der Waals surface area contributed by atoms with Crippen LogP contribution < -0.4 is 10.6 Å². The maximum Gasteiger partial charge on any atom is 0.220 e. The Balaban J connectivity index is 1.52. The maximum absolute atomic E-state index is 12.0. The second kappa shape index (κ2) is 9.32. The summed E-state index contributed by atoms with van der Waals surface area (Å²) < 4.78 is 7.77. The molecule has 3 rings (SSSR count). The molecule has 1 atom stereocenters. The number of fused-ring (bicyclic) bond motifs is 1. The van der Waals surface area contributed by atoms with E-state index in [1.807, 2.05) is 22.9 Å². The van der Waals surface area contributed by atoms with Gasteiger partial charge in [-0.2, -0.15) is 5.10 Å². The van der Waals surface area contributed by atoms with Gasteiger partial charge in [-0.05, 0) is 24.0 Å². The van der Waals surface area contributed by atoms with E-state index in [0.29, 0.717) is 32.5 Å². The van der Waals surface area contributed by atoms with Crippen LogP contribution in [0, 0.1) is 0 Å². The van der Waals surface area contributed by atoms with Crippen molar-refractivity contribution < 1.29 is 14.3 Å². The molecule has 0 saturated heterocycles. The largest absolute Gasteiger partial charge is 0.370 e. The van der Waals surface area contributed by atoms with E-state index in [1.165, 1.54) is 18.1 Å². The van der Waals surface area contributed by atoms with Crippen LogP contribution in [0.3, 0.4) is 0 Å². The Morgan fingerprint density at radius 3 is 2.85 bits per heavy atom. The fourth-order valence-corrected chi connectivity index (χ4v) is 3.15. The van der Waals surface area contributed by atoms with E-state index in [0.717, 1.165) is 18.7 Å². The zero-order valence-corrected chi connectivity index (χ0v) is 15.6. The van der Waals surface area contributed by atoms with Gasteiger partial charge >= 0.3 is 0 Å². The van der Waals surface area contributed by atoms with Gasteiger partial charge in [0.2, 0.25) is 11.8 Å². The van der Waals surface area contributed by atoms with Crippen molar-refractivity contribution in [2.45, 2.75) is 38.8 Å². The van der Waals surface area contributed by atoms with Crippen LogP contribution >= 0.6 is 0 Å². The number of nitrogens with zero attached hydrogens (tertiary/aromatic N) is 2. The van der Waals surface area contributed by atoms with Crippen molar-refractivity contribution in [3.63, 3.8) is 0 Å². The molecule has 7 heteroatoms. The minimum absolute atomic E-state index is 0.0419. The monoisotopic (exact) mass is 370 g/mol. The van der Waals surface area contributed by atoms with Gasteiger partial charge in [0, 0.05) is 32.6 Å². The van der Waals surface area contributed by atoms with E-state index in [9.17, 15) is 9.59 Å². The third kappa shape index (κ3) is 5.65. The highest BCUT2D eigenvalue weighted by molar-refractivity contribution is 5.76. The molecule has 2 aromatic rings. The van der Waals surface area contributed by atoms with Crippen LogP contribution in [0.1, 0.15) is 42.7 Å². The molecule has 0 fully saturated rings.